The molecule has 1 aliphatic rings. The van der Waals surface area contributed by atoms with E-state index in [1.165, 1.54) is 43.0 Å². The highest BCUT2D eigenvalue weighted by atomic mass is 15.2. The lowest BCUT2D eigenvalue weighted by molar-refractivity contribution is 0.108. The van der Waals surface area contributed by atoms with E-state index in [-0.39, 0.29) is 0 Å². The van der Waals surface area contributed by atoms with E-state index >= 15 is 0 Å². The van der Waals surface area contributed by atoms with Gasteiger partial charge in [-0.25, -0.2) is 4.98 Å². The summed E-state index contributed by atoms with van der Waals surface area (Å²) < 4.78 is 2.38. The van der Waals surface area contributed by atoms with Crippen molar-refractivity contribution in [2.45, 2.75) is 71.1 Å². The predicted molar refractivity (Wildman–Crippen MR) is 128 cm³/mol. The second kappa shape index (κ2) is 8.80. The van der Waals surface area contributed by atoms with E-state index in [4.69, 9.17) is 9.97 Å². The van der Waals surface area contributed by atoms with E-state index < -0.39 is 0 Å². The fourth-order valence-corrected chi connectivity index (χ4v) is 5.09. The van der Waals surface area contributed by atoms with Gasteiger partial charge in [0.05, 0.1) is 35.3 Å². The van der Waals surface area contributed by atoms with Crippen LogP contribution in [0.4, 0.5) is 0 Å². The van der Waals surface area contributed by atoms with Gasteiger partial charge in [-0.2, -0.15) is 0 Å². The summed E-state index contributed by atoms with van der Waals surface area (Å²) in [5.41, 5.74) is 4.40. The molecule has 0 spiro atoms. The quantitative estimate of drug-likeness (QED) is 0.379. The standard InChI is InChI=1S/C27H32N4/c1-20(2)30(23-11-4-3-5-12-23)19-27-29-25-14-8-9-15-26(25)31(27)18-22-17-16-21-10-6-7-13-24(21)28-22/h6-10,13-17,20,23H,3-5,11-12,18-19H2,1-2H3. The third-order valence-electron chi connectivity index (χ3n) is 6.74. The van der Waals surface area contributed by atoms with Crippen LogP contribution in [0.3, 0.4) is 0 Å². The first-order valence-corrected chi connectivity index (χ1v) is 11.7. The molecule has 0 unspecified atom stereocenters. The molecule has 31 heavy (non-hydrogen) atoms. The van der Waals surface area contributed by atoms with Crippen molar-refractivity contribution in [2.24, 2.45) is 0 Å². The molecule has 160 valence electrons. The Labute approximate surface area is 184 Å². The molecule has 0 bridgehead atoms. The van der Waals surface area contributed by atoms with E-state index in [1.807, 2.05) is 0 Å². The normalized spacial score (nSPS) is 15.5. The van der Waals surface area contributed by atoms with Gasteiger partial charge in [-0.3, -0.25) is 9.88 Å². The first-order valence-electron chi connectivity index (χ1n) is 11.7. The average Bonchev–Trinajstić information content (AvgIpc) is 3.15. The maximum atomic E-state index is 5.08. The van der Waals surface area contributed by atoms with Crippen molar-refractivity contribution >= 4 is 21.9 Å². The number of aromatic nitrogens is 3. The van der Waals surface area contributed by atoms with Crippen molar-refractivity contribution in [3.63, 3.8) is 0 Å². The van der Waals surface area contributed by atoms with Crippen molar-refractivity contribution in [3.05, 3.63) is 72.2 Å². The van der Waals surface area contributed by atoms with Crippen molar-refractivity contribution in [2.75, 3.05) is 0 Å². The molecule has 5 rings (SSSR count). The van der Waals surface area contributed by atoms with E-state index in [2.05, 4.69) is 84.0 Å². The van der Waals surface area contributed by atoms with Crippen LogP contribution in [0.1, 0.15) is 57.5 Å². The van der Waals surface area contributed by atoms with Gasteiger partial charge in [-0.05, 0) is 51.0 Å². The number of hydrogen-bond acceptors (Lipinski definition) is 3. The van der Waals surface area contributed by atoms with Gasteiger partial charge < -0.3 is 4.57 Å². The number of fused-ring (bicyclic) bond motifs is 2. The molecule has 4 aromatic rings. The molecule has 0 atom stereocenters. The summed E-state index contributed by atoms with van der Waals surface area (Å²) >= 11 is 0. The average molecular weight is 413 g/mol. The van der Waals surface area contributed by atoms with Gasteiger partial charge in [-0.1, -0.05) is 55.7 Å². The van der Waals surface area contributed by atoms with Crippen LogP contribution in [0.25, 0.3) is 21.9 Å². The lowest BCUT2D eigenvalue weighted by atomic mass is 9.93. The zero-order chi connectivity index (χ0) is 21.2. The molecular weight excluding hydrogens is 380 g/mol. The van der Waals surface area contributed by atoms with Gasteiger partial charge >= 0.3 is 0 Å². The van der Waals surface area contributed by atoms with Crippen LogP contribution in [0.2, 0.25) is 0 Å². The fourth-order valence-electron chi connectivity index (χ4n) is 5.09. The van der Waals surface area contributed by atoms with Gasteiger partial charge in [0.2, 0.25) is 0 Å². The summed E-state index contributed by atoms with van der Waals surface area (Å²) in [4.78, 5) is 12.7. The van der Waals surface area contributed by atoms with Crippen molar-refractivity contribution < 1.29 is 0 Å². The third kappa shape index (κ3) is 4.22. The highest BCUT2D eigenvalue weighted by Gasteiger charge is 2.25. The second-order valence-corrected chi connectivity index (χ2v) is 9.16. The fraction of sp³-hybridized carbons (Fsp3) is 0.407. The molecule has 0 N–H and O–H groups in total. The molecule has 1 aliphatic carbocycles. The van der Waals surface area contributed by atoms with Crippen molar-refractivity contribution in [3.8, 4) is 0 Å². The molecule has 0 amide bonds. The summed E-state index contributed by atoms with van der Waals surface area (Å²) in [5, 5.41) is 1.19. The van der Waals surface area contributed by atoms with E-state index in [9.17, 15) is 0 Å². The zero-order valence-electron chi connectivity index (χ0n) is 18.7. The van der Waals surface area contributed by atoms with Crippen LogP contribution in [-0.4, -0.2) is 31.5 Å². The van der Waals surface area contributed by atoms with Crippen LogP contribution < -0.4 is 0 Å². The second-order valence-electron chi connectivity index (χ2n) is 9.16. The van der Waals surface area contributed by atoms with Crippen LogP contribution in [-0.2, 0) is 13.1 Å². The number of imidazole rings is 1. The summed E-state index contributed by atoms with van der Waals surface area (Å²) in [7, 11) is 0. The van der Waals surface area contributed by atoms with Gasteiger partial charge in [0.15, 0.2) is 0 Å². The maximum Gasteiger partial charge on any atom is 0.124 e. The van der Waals surface area contributed by atoms with Crippen molar-refractivity contribution in [1.29, 1.82) is 0 Å². The molecular formula is C27H32N4. The lowest BCUT2D eigenvalue weighted by Gasteiger charge is -2.37. The van der Waals surface area contributed by atoms with Crippen LogP contribution in [0.5, 0.6) is 0 Å². The molecule has 0 radical (unpaired) electrons. The topological polar surface area (TPSA) is 34.0 Å². The lowest BCUT2D eigenvalue weighted by Crippen LogP contribution is -2.41. The van der Waals surface area contributed by atoms with E-state index in [0.717, 1.165) is 35.6 Å². The molecule has 4 heteroatoms. The summed E-state index contributed by atoms with van der Waals surface area (Å²) in [5.74, 6) is 1.15. The SMILES string of the molecule is CC(C)N(Cc1nc2ccccc2n1Cc1ccc2ccccc2n1)C1CCCCC1. The zero-order valence-corrected chi connectivity index (χ0v) is 18.7. The Kier molecular flexibility index (Phi) is 5.73. The number of pyridine rings is 1. The first-order chi connectivity index (χ1) is 15.2. The predicted octanol–water partition coefficient (Wildman–Crippen LogP) is 6.18. The maximum absolute atomic E-state index is 5.08. The molecule has 0 aliphatic heterocycles. The van der Waals surface area contributed by atoms with Gasteiger partial charge in [0.25, 0.3) is 0 Å². The smallest absolute Gasteiger partial charge is 0.124 e. The summed E-state index contributed by atoms with van der Waals surface area (Å²) in [6.45, 7) is 6.29. The number of hydrogen-bond donors (Lipinski definition) is 0. The highest BCUT2D eigenvalue weighted by Crippen LogP contribution is 2.27. The highest BCUT2D eigenvalue weighted by molar-refractivity contribution is 5.78. The molecule has 0 saturated heterocycles. The Morgan fingerprint density at radius 2 is 1.61 bits per heavy atom. The van der Waals surface area contributed by atoms with Crippen molar-refractivity contribution in [1.82, 2.24) is 19.4 Å². The summed E-state index contributed by atoms with van der Waals surface area (Å²) in [6, 6.07) is 22.4. The van der Waals surface area contributed by atoms with Gasteiger partial charge in [0, 0.05) is 17.5 Å². The number of rotatable bonds is 6. The largest absolute Gasteiger partial charge is 0.321 e. The number of benzene rings is 2. The van der Waals surface area contributed by atoms with Crippen LogP contribution in [0, 0.1) is 0 Å². The Hall–Kier alpha value is -2.72. The van der Waals surface area contributed by atoms with E-state index in [0.29, 0.717) is 12.1 Å². The first kappa shape index (κ1) is 20.2. The minimum Gasteiger partial charge on any atom is -0.321 e. The Morgan fingerprint density at radius 1 is 0.871 bits per heavy atom. The Bertz CT molecular complexity index is 1170. The monoisotopic (exact) mass is 412 g/mol. The molecule has 2 aromatic carbocycles. The van der Waals surface area contributed by atoms with Gasteiger partial charge in [-0.15, -0.1) is 0 Å². The minimum absolute atomic E-state index is 0.509. The van der Waals surface area contributed by atoms with Crippen LogP contribution >= 0.6 is 0 Å². The molecule has 2 aromatic heterocycles. The van der Waals surface area contributed by atoms with Gasteiger partial charge in [0.1, 0.15) is 5.82 Å². The van der Waals surface area contributed by atoms with E-state index in [1.54, 1.807) is 0 Å². The molecule has 4 nitrogen and oxygen atoms in total. The minimum atomic E-state index is 0.509. The molecule has 1 fully saturated rings. The molecule has 1 saturated carbocycles. The summed E-state index contributed by atoms with van der Waals surface area (Å²) in [6.07, 6.45) is 6.71. The Morgan fingerprint density at radius 3 is 2.42 bits per heavy atom. The Balaban J connectivity index is 1.51. The van der Waals surface area contributed by atoms with Crippen LogP contribution in [0.15, 0.2) is 60.7 Å². The number of para-hydroxylation sites is 3. The third-order valence-corrected chi connectivity index (χ3v) is 6.74. The molecule has 2 heterocycles. The number of nitrogens with zero attached hydrogens (tertiary/aromatic N) is 4.